The van der Waals surface area contributed by atoms with Crippen molar-refractivity contribution in [1.29, 1.82) is 0 Å². The highest BCUT2D eigenvalue weighted by Crippen LogP contribution is 2.42. The first-order valence-corrected chi connectivity index (χ1v) is 16.6. The number of furan rings is 1. The predicted molar refractivity (Wildman–Crippen MR) is 172 cm³/mol. The van der Waals surface area contributed by atoms with Crippen LogP contribution in [0.3, 0.4) is 0 Å². The van der Waals surface area contributed by atoms with Gasteiger partial charge in [-0.3, -0.25) is 19.0 Å². The lowest BCUT2D eigenvalue weighted by atomic mass is 9.95. The van der Waals surface area contributed by atoms with Crippen LogP contribution in [-0.2, 0) is 23.0 Å². The molecule has 1 aliphatic rings. The van der Waals surface area contributed by atoms with E-state index >= 15 is 0 Å². The summed E-state index contributed by atoms with van der Waals surface area (Å²) in [5, 5.41) is 7.56. The number of carbonyl (C=O) groups excluding carboxylic acids is 2. The Morgan fingerprint density at radius 1 is 1.09 bits per heavy atom. The van der Waals surface area contributed by atoms with Crippen molar-refractivity contribution in [2.75, 3.05) is 30.3 Å². The van der Waals surface area contributed by atoms with E-state index in [2.05, 4.69) is 10.2 Å². The van der Waals surface area contributed by atoms with Crippen molar-refractivity contribution in [3.05, 3.63) is 94.8 Å². The van der Waals surface area contributed by atoms with E-state index in [-0.39, 0.29) is 23.8 Å². The Morgan fingerprint density at radius 2 is 1.87 bits per heavy atom. The van der Waals surface area contributed by atoms with Gasteiger partial charge in [-0.1, -0.05) is 48.9 Å². The third-order valence-corrected chi connectivity index (χ3v) is 9.36. The molecule has 0 saturated carbocycles. The van der Waals surface area contributed by atoms with Crippen LogP contribution in [0.2, 0.25) is 0 Å². The zero-order chi connectivity index (χ0) is 31.9. The van der Waals surface area contributed by atoms with Gasteiger partial charge in [0, 0.05) is 65.3 Å². The van der Waals surface area contributed by atoms with Crippen LogP contribution in [0.25, 0.3) is 33.4 Å². The monoisotopic (exact) mass is 628 g/mol. The van der Waals surface area contributed by atoms with E-state index in [1.165, 1.54) is 0 Å². The number of benzene rings is 3. The predicted octanol–water partition coefficient (Wildman–Crippen LogP) is 6.33. The van der Waals surface area contributed by atoms with E-state index in [0.29, 0.717) is 64.1 Å². The summed E-state index contributed by atoms with van der Waals surface area (Å²) in [7, 11) is -3.93. The molecule has 0 unspecified atom stereocenters. The number of sulfonamides is 1. The van der Waals surface area contributed by atoms with E-state index in [4.69, 9.17) is 4.42 Å². The maximum Gasteiger partial charge on any atom is 0.254 e. The van der Waals surface area contributed by atoms with Crippen molar-refractivity contribution in [3.63, 3.8) is 0 Å². The van der Waals surface area contributed by atoms with Gasteiger partial charge in [-0.25, -0.2) is 12.8 Å². The minimum absolute atomic E-state index is 0.139. The first kappa shape index (κ1) is 30.3. The van der Waals surface area contributed by atoms with Gasteiger partial charge in [0.25, 0.3) is 5.91 Å². The lowest BCUT2D eigenvalue weighted by Gasteiger charge is -2.27. The number of nitrogens with one attached hydrogen (secondary N) is 1. The quantitative estimate of drug-likeness (QED) is 0.191. The van der Waals surface area contributed by atoms with Gasteiger partial charge < -0.3 is 9.32 Å². The number of halogens is 1. The number of anilines is 1. The molecule has 1 amide bonds. The van der Waals surface area contributed by atoms with E-state index in [9.17, 15) is 22.4 Å². The summed E-state index contributed by atoms with van der Waals surface area (Å²) in [4.78, 5) is 28.8. The number of rotatable bonds is 9. The SMILES string of the molecule is CCC(=O)c1c(-c2ccc(C)cc2)oc2cc(N(CCF)S(C)(=O)=O)c(-c3cccc(C(=O)N4CCc5[nH]ncc5C4)c3)cc12. The highest BCUT2D eigenvalue weighted by Gasteiger charge is 2.28. The van der Waals surface area contributed by atoms with Crippen LogP contribution in [0.15, 0.2) is 71.3 Å². The highest BCUT2D eigenvalue weighted by atomic mass is 32.2. The second-order valence-corrected chi connectivity index (χ2v) is 13.2. The van der Waals surface area contributed by atoms with Crippen molar-refractivity contribution >= 4 is 38.4 Å². The molecular formula is C34H33FN4O5S. The van der Waals surface area contributed by atoms with Crippen molar-refractivity contribution in [3.8, 4) is 22.5 Å². The fourth-order valence-electron chi connectivity index (χ4n) is 5.87. The van der Waals surface area contributed by atoms with E-state index < -0.39 is 23.2 Å². The Balaban J connectivity index is 1.54. The molecule has 11 heteroatoms. The number of Topliss-reactive ketones (excluding diaryl/α,β-unsaturated/α-hetero) is 1. The van der Waals surface area contributed by atoms with Crippen LogP contribution < -0.4 is 4.31 Å². The Morgan fingerprint density at radius 3 is 2.58 bits per heavy atom. The number of amides is 1. The minimum Gasteiger partial charge on any atom is -0.455 e. The summed E-state index contributed by atoms with van der Waals surface area (Å²) in [6.45, 7) is 3.34. The summed E-state index contributed by atoms with van der Waals surface area (Å²) in [5.41, 5.74) is 5.98. The Kier molecular flexibility index (Phi) is 8.05. The molecule has 0 spiro atoms. The number of carbonyl (C=O) groups is 2. The molecule has 6 rings (SSSR count). The number of hydrogen-bond donors (Lipinski definition) is 1. The van der Waals surface area contributed by atoms with Gasteiger partial charge in [0.2, 0.25) is 10.0 Å². The van der Waals surface area contributed by atoms with Crippen molar-refractivity contribution in [2.45, 2.75) is 33.2 Å². The summed E-state index contributed by atoms with van der Waals surface area (Å²) in [6.07, 6.45) is 3.62. The van der Waals surface area contributed by atoms with Crippen molar-refractivity contribution in [2.24, 2.45) is 0 Å². The Labute approximate surface area is 260 Å². The van der Waals surface area contributed by atoms with Crippen molar-refractivity contribution < 1.29 is 26.8 Å². The number of fused-ring (bicyclic) bond motifs is 2. The smallest absolute Gasteiger partial charge is 0.254 e. The molecule has 1 aliphatic heterocycles. The van der Waals surface area contributed by atoms with E-state index in [1.807, 2.05) is 31.2 Å². The fraction of sp³-hybridized carbons (Fsp3) is 0.265. The van der Waals surface area contributed by atoms with Crippen LogP contribution >= 0.6 is 0 Å². The molecule has 3 heterocycles. The molecule has 0 atom stereocenters. The van der Waals surface area contributed by atoms with Gasteiger partial charge in [-0.15, -0.1) is 0 Å². The zero-order valence-corrected chi connectivity index (χ0v) is 26.1. The van der Waals surface area contributed by atoms with Gasteiger partial charge in [0.05, 0.1) is 30.2 Å². The molecule has 2 aromatic heterocycles. The average Bonchev–Trinajstić information content (AvgIpc) is 3.66. The second kappa shape index (κ2) is 12.0. The lowest BCUT2D eigenvalue weighted by molar-refractivity contribution is 0.0734. The van der Waals surface area contributed by atoms with Crippen LogP contribution in [0.1, 0.15) is 50.9 Å². The Bertz CT molecular complexity index is 2030. The molecule has 0 bridgehead atoms. The molecular weight excluding hydrogens is 595 g/mol. The maximum atomic E-state index is 13.8. The molecule has 0 saturated heterocycles. The third-order valence-electron chi connectivity index (χ3n) is 8.18. The number of ketones is 1. The molecule has 0 radical (unpaired) electrons. The summed E-state index contributed by atoms with van der Waals surface area (Å²) in [6, 6.07) is 17.8. The summed E-state index contributed by atoms with van der Waals surface area (Å²) >= 11 is 0. The molecule has 9 nitrogen and oxygen atoms in total. The van der Waals surface area contributed by atoms with Gasteiger partial charge in [-0.2, -0.15) is 5.10 Å². The number of aryl methyl sites for hydroxylation is 1. The number of nitrogens with zero attached hydrogens (tertiary/aromatic N) is 3. The van der Waals surface area contributed by atoms with E-state index in [1.54, 1.807) is 54.4 Å². The maximum absolute atomic E-state index is 13.8. The number of aromatic amines is 1. The lowest BCUT2D eigenvalue weighted by Crippen LogP contribution is -2.35. The van der Waals surface area contributed by atoms with Gasteiger partial charge >= 0.3 is 0 Å². The highest BCUT2D eigenvalue weighted by molar-refractivity contribution is 7.92. The summed E-state index contributed by atoms with van der Waals surface area (Å²) in [5.74, 6) is 0.0604. The molecule has 0 aliphatic carbocycles. The number of aromatic nitrogens is 2. The molecule has 1 N–H and O–H groups in total. The second-order valence-electron chi connectivity index (χ2n) is 11.3. The number of H-pyrrole nitrogens is 1. The van der Waals surface area contributed by atoms with Crippen LogP contribution in [0, 0.1) is 6.92 Å². The molecule has 5 aromatic rings. The fourth-order valence-corrected chi connectivity index (χ4v) is 6.78. The molecule has 3 aromatic carbocycles. The zero-order valence-electron chi connectivity index (χ0n) is 25.3. The van der Waals surface area contributed by atoms with Gasteiger partial charge in [0.15, 0.2) is 5.78 Å². The molecule has 45 heavy (non-hydrogen) atoms. The Hall–Kier alpha value is -4.77. The number of alkyl halides is 1. The van der Waals surface area contributed by atoms with E-state index in [0.717, 1.165) is 27.4 Å². The standard InChI is InChI=1S/C34H33FN4O5S/c1-4-30(40)32-27-17-26(23-6-5-7-24(16-23)34(41)38-14-12-28-25(20-38)19-36-37-28)29(39(15-13-35)45(3,42)43)18-31(27)44-33(32)22-10-8-21(2)9-11-22/h5-11,16-19H,4,12-15,20H2,1-3H3,(H,36,37). The normalized spacial score (nSPS) is 13.2. The van der Waals surface area contributed by atoms with Crippen molar-refractivity contribution in [1.82, 2.24) is 15.1 Å². The van der Waals surface area contributed by atoms with Crippen LogP contribution in [0.5, 0.6) is 0 Å². The topological polar surface area (TPSA) is 117 Å². The minimum atomic E-state index is -3.93. The summed E-state index contributed by atoms with van der Waals surface area (Å²) < 4.78 is 47.1. The van der Waals surface area contributed by atoms with Crippen LogP contribution in [-0.4, -0.2) is 61.2 Å². The first-order valence-electron chi connectivity index (χ1n) is 14.7. The van der Waals surface area contributed by atoms with Gasteiger partial charge in [-0.05, 0) is 30.7 Å². The largest absolute Gasteiger partial charge is 0.455 e. The third kappa shape index (κ3) is 5.75. The molecule has 232 valence electrons. The number of hydrogen-bond acceptors (Lipinski definition) is 6. The van der Waals surface area contributed by atoms with Crippen LogP contribution in [0.4, 0.5) is 10.1 Å². The average molecular weight is 629 g/mol. The first-order chi connectivity index (χ1) is 21.6. The molecule has 0 fully saturated rings. The van der Waals surface area contributed by atoms with Gasteiger partial charge in [0.1, 0.15) is 18.0 Å².